The normalized spacial score (nSPS) is 19.1. The van der Waals surface area contributed by atoms with Crippen molar-refractivity contribution in [2.45, 2.75) is 168 Å². The van der Waals surface area contributed by atoms with Crippen molar-refractivity contribution in [3.63, 3.8) is 0 Å². The molecule has 1 aromatic heterocycles. The lowest BCUT2D eigenvalue weighted by molar-refractivity contribution is 0.332. The molecule has 7 aromatic carbocycles. The molecule has 0 spiro atoms. The molecule has 2 nitrogen and oxygen atoms in total. The van der Waals surface area contributed by atoms with E-state index in [-0.39, 0.29) is 33.8 Å². The van der Waals surface area contributed by atoms with Crippen LogP contribution in [0.15, 0.2) is 115 Å². The monoisotopic (exact) mass is 961 g/mol. The van der Waals surface area contributed by atoms with Crippen molar-refractivity contribution in [3.8, 4) is 0 Å². The molecule has 0 unspecified atom stereocenters. The summed E-state index contributed by atoms with van der Waals surface area (Å²) < 4.78 is 2.78. The van der Waals surface area contributed by atoms with E-state index in [1.54, 1.807) is 0 Å². The first-order valence-electron chi connectivity index (χ1n) is 27.4. The Kier molecular flexibility index (Phi) is 9.94. The molecule has 3 aliphatic carbocycles. The highest BCUT2D eigenvalue weighted by atomic mass is 32.1. The van der Waals surface area contributed by atoms with Crippen LogP contribution >= 0.6 is 11.3 Å². The smallest absolute Gasteiger partial charge is 0.254 e. The molecule has 1 fully saturated rings. The lowest BCUT2D eigenvalue weighted by atomic mass is 9.33. The van der Waals surface area contributed by atoms with Crippen LogP contribution in [0.25, 0.3) is 20.2 Å². The van der Waals surface area contributed by atoms with Crippen LogP contribution in [0, 0.1) is 13.8 Å². The summed E-state index contributed by atoms with van der Waals surface area (Å²) >= 11 is 2.01. The van der Waals surface area contributed by atoms with Gasteiger partial charge in [0.15, 0.2) is 0 Å². The van der Waals surface area contributed by atoms with Gasteiger partial charge in [0, 0.05) is 59.7 Å². The second-order valence-corrected chi connectivity index (χ2v) is 27.4. The van der Waals surface area contributed by atoms with Crippen LogP contribution in [0.5, 0.6) is 0 Å². The van der Waals surface area contributed by atoms with Crippen LogP contribution in [-0.2, 0) is 27.1 Å². The Morgan fingerprint density at radius 2 is 1.10 bits per heavy atom. The Balaban J connectivity index is 1.21. The molecule has 72 heavy (non-hydrogen) atoms. The third kappa shape index (κ3) is 6.52. The van der Waals surface area contributed by atoms with E-state index < -0.39 is 0 Å². The zero-order chi connectivity index (χ0) is 50.2. The van der Waals surface area contributed by atoms with E-state index in [1.165, 1.54) is 171 Å². The summed E-state index contributed by atoms with van der Waals surface area (Å²) in [6, 6.07) is 46.9. The minimum Gasteiger partial charge on any atom is -0.311 e. The summed E-state index contributed by atoms with van der Waals surface area (Å²) in [7, 11) is 0. The van der Waals surface area contributed by atoms with E-state index in [0.717, 1.165) is 0 Å². The zero-order valence-corrected chi connectivity index (χ0v) is 46.2. The van der Waals surface area contributed by atoms with Crippen LogP contribution in [0.3, 0.4) is 0 Å². The van der Waals surface area contributed by atoms with Crippen LogP contribution in [0.4, 0.5) is 34.1 Å². The van der Waals surface area contributed by atoms with E-state index in [0.29, 0.717) is 5.92 Å². The largest absolute Gasteiger partial charge is 0.311 e. The number of hydrogen-bond donors (Lipinski definition) is 0. The second-order valence-electron chi connectivity index (χ2n) is 26.3. The predicted molar refractivity (Wildman–Crippen MR) is 313 cm³/mol. The Morgan fingerprint density at radius 1 is 0.500 bits per heavy atom. The number of para-hydroxylation sites is 1. The first-order valence-corrected chi connectivity index (χ1v) is 28.3. The standard InChI is InChI=1S/C68H73BN2S/c1-40-21-17-20-26-54(40)70-55-29-28-45-46-36-44(64(3,4)5)27-30-60(46)72-63(45)62(55)69-53-37-51-52(68(12,13)48-25-19-18-24-47(48)67(51,10)11)39-57(53)71(59-35-43(34-58(70)61(59)69)42-22-15-14-16-23-42)56-38-50-49(33-41(56)2)65(6,7)31-32-66(50,8)9/h17-21,24-30,33-39,42H,14-16,22-23,31-32H2,1-13H3. The van der Waals surface area contributed by atoms with Crippen molar-refractivity contribution < 1.29 is 0 Å². The maximum Gasteiger partial charge on any atom is 0.254 e. The number of thiophene rings is 1. The average Bonchev–Trinajstić information content (AvgIpc) is 3.73. The van der Waals surface area contributed by atoms with Crippen molar-refractivity contribution in [1.29, 1.82) is 0 Å². The molecule has 2 aliphatic heterocycles. The molecule has 0 amide bonds. The Hall–Kier alpha value is -5.58. The Bertz CT molecular complexity index is 3600. The molecule has 8 aromatic rings. The Morgan fingerprint density at radius 3 is 1.75 bits per heavy atom. The predicted octanol–water partition coefficient (Wildman–Crippen LogP) is 17.4. The fraction of sp³-hybridized carbons (Fsp3) is 0.382. The quantitative estimate of drug-likeness (QED) is 0.163. The molecule has 3 heterocycles. The highest BCUT2D eigenvalue weighted by Gasteiger charge is 2.50. The molecular formula is C68H73BN2S. The molecule has 0 N–H and O–H groups in total. The van der Waals surface area contributed by atoms with E-state index in [4.69, 9.17) is 0 Å². The van der Waals surface area contributed by atoms with Crippen LogP contribution in [0.2, 0.25) is 0 Å². The van der Waals surface area contributed by atoms with E-state index in [1.807, 2.05) is 11.3 Å². The number of benzene rings is 7. The van der Waals surface area contributed by atoms with E-state index in [2.05, 4.69) is 215 Å². The second kappa shape index (κ2) is 15.5. The first kappa shape index (κ1) is 46.2. The summed E-state index contributed by atoms with van der Waals surface area (Å²) in [6.07, 6.45) is 8.80. The third-order valence-corrected chi connectivity index (χ3v) is 20.4. The molecule has 5 aliphatic rings. The molecule has 0 radical (unpaired) electrons. The average molecular weight is 961 g/mol. The topological polar surface area (TPSA) is 6.48 Å². The minimum atomic E-state index is -0.204. The lowest BCUT2D eigenvalue weighted by Gasteiger charge is -2.49. The maximum atomic E-state index is 2.82. The molecule has 4 heteroatoms. The van der Waals surface area contributed by atoms with E-state index in [9.17, 15) is 0 Å². The van der Waals surface area contributed by atoms with Gasteiger partial charge in [-0.25, -0.2) is 0 Å². The lowest BCUT2D eigenvalue weighted by Crippen LogP contribution is -2.62. The van der Waals surface area contributed by atoms with Gasteiger partial charge in [-0.05, 0) is 188 Å². The van der Waals surface area contributed by atoms with E-state index >= 15 is 0 Å². The van der Waals surface area contributed by atoms with Gasteiger partial charge in [0.1, 0.15) is 0 Å². The van der Waals surface area contributed by atoms with Gasteiger partial charge in [-0.15, -0.1) is 11.3 Å². The maximum absolute atomic E-state index is 2.82. The number of nitrogens with zero attached hydrogens (tertiary/aromatic N) is 2. The van der Waals surface area contributed by atoms with Gasteiger partial charge >= 0.3 is 0 Å². The van der Waals surface area contributed by atoms with Crippen molar-refractivity contribution in [2.24, 2.45) is 0 Å². The van der Waals surface area contributed by atoms with Gasteiger partial charge < -0.3 is 9.80 Å². The van der Waals surface area contributed by atoms with Crippen molar-refractivity contribution in [1.82, 2.24) is 0 Å². The minimum absolute atomic E-state index is 0.00506. The SMILES string of the molecule is Cc1cc2c(cc1N1c3cc4c(cc3B3c5c1cc(C1CCCCC1)cc5N(c1ccccc1C)c1ccc5c(sc6ccc(C(C)(C)C)cc65)c13)C(C)(C)c1ccccc1C4(C)C)C(C)(C)CCC2(C)C. The fourth-order valence-corrected chi connectivity index (χ4v) is 16.0. The van der Waals surface area contributed by atoms with Crippen molar-refractivity contribution in [3.05, 3.63) is 171 Å². The van der Waals surface area contributed by atoms with Crippen LogP contribution in [-0.4, -0.2) is 6.71 Å². The van der Waals surface area contributed by atoms with Crippen LogP contribution in [0.1, 0.15) is 183 Å². The van der Waals surface area contributed by atoms with Gasteiger partial charge in [0.05, 0.1) is 0 Å². The van der Waals surface area contributed by atoms with Gasteiger partial charge in [-0.3, -0.25) is 0 Å². The molecule has 1 saturated carbocycles. The van der Waals surface area contributed by atoms with Gasteiger partial charge in [-0.2, -0.15) is 0 Å². The number of aryl methyl sites for hydroxylation is 2. The molecule has 13 rings (SSSR count). The van der Waals surface area contributed by atoms with Crippen LogP contribution < -0.4 is 26.2 Å². The molecule has 0 atom stereocenters. The van der Waals surface area contributed by atoms with Gasteiger partial charge in [-0.1, -0.05) is 162 Å². The number of anilines is 6. The summed E-state index contributed by atoms with van der Waals surface area (Å²) in [5.74, 6) is 0.522. The fourth-order valence-electron chi connectivity index (χ4n) is 14.7. The number of hydrogen-bond acceptors (Lipinski definition) is 3. The highest BCUT2D eigenvalue weighted by molar-refractivity contribution is 7.28. The van der Waals surface area contributed by atoms with Gasteiger partial charge in [0.25, 0.3) is 6.71 Å². The number of fused-ring (bicyclic) bond motifs is 11. The molecule has 0 saturated heterocycles. The summed E-state index contributed by atoms with van der Waals surface area (Å²) in [5, 5.41) is 2.75. The summed E-state index contributed by atoms with van der Waals surface area (Å²) in [5.41, 5.74) is 26.5. The molecular weight excluding hydrogens is 888 g/mol. The molecule has 0 bridgehead atoms. The van der Waals surface area contributed by atoms with Gasteiger partial charge in [0.2, 0.25) is 0 Å². The zero-order valence-electron chi connectivity index (χ0n) is 45.4. The first-order chi connectivity index (χ1) is 34.2. The third-order valence-electron chi connectivity index (χ3n) is 19.2. The summed E-state index contributed by atoms with van der Waals surface area (Å²) in [6.45, 7) is 31.7. The van der Waals surface area contributed by atoms with Crippen molar-refractivity contribution >= 4 is 88.7 Å². The van der Waals surface area contributed by atoms with Crippen molar-refractivity contribution in [2.75, 3.05) is 9.80 Å². The summed E-state index contributed by atoms with van der Waals surface area (Å²) in [4.78, 5) is 5.53. The number of rotatable bonds is 3. The highest BCUT2D eigenvalue weighted by Crippen LogP contribution is 2.56. The molecule has 364 valence electrons. The Labute approximate surface area is 435 Å².